The van der Waals surface area contributed by atoms with Gasteiger partial charge in [-0.25, -0.2) is 0 Å². The number of aliphatic hydroxyl groups is 4. The summed E-state index contributed by atoms with van der Waals surface area (Å²) in [6.45, 7) is 2.08. The van der Waals surface area contributed by atoms with Crippen molar-refractivity contribution in [1.29, 1.82) is 0 Å². The van der Waals surface area contributed by atoms with Gasteiger partial charge in [-0.1, -0.05) is 24.3 Å². The van der Waals surface area contributed by atoms with E-state index in [1.807, 2.05) is 0 Å². The largest absolute Gasteiger partial charge is 0.395 e. The van der Waals surface area contributed by atoms with E-state index in [0.717, 1.165) is 28.7 Å². The summed E-state index contributed by atoms with van der Waals surface area (Å²) in [6, 6.07) is 12.6. The van der Waals surface area contributed by atoms with E-state index >= 15 is 0 Å². The Morgan fingerprint density at radius 2 is 1.86 bits per heavy atom. The van der Waals surface area contributed by atoms with Crippen molar-refractivity contribution < 1.29 is 25.2 Å². The second kappa shape index (κ2) is 8.23. The standard InChI is InChI=1S/C22H26O5S2/c1-12-7-15-11-27-22(21(26)20(25)19(24)18(10-23)29-22)17(15)9-14(12)8-13-3-5-16(28-2)6-4-13/h3-7,9,18-21,23-26H,8,10-11H2,1-2H3/t18-,19-,20+,21-,22+/m1/s1. The van der Waals surface area contributed by atoms with Crippen molar-refractivity contribution in [2.24, 2.45) is 0 Å². The zero-order valence-corrected chi connectivity index (χ0v) is 18.0. The van der Waals surface area contributed by atoms with E-state index in [-0.39, 0.29) is 6.61 Å². The molecule has 0 unspecified atom stereocenters. The summed E-state index contributed by atoms with van der Waals surface area (Å²) < 4.78 is 6.03. The molecule has 29 heavy (non-hydrogen) atoms. The van der Waals surface area contributed by atoms with E-state index in [0.29, 0.717) is 6.61 Å². The topological polar surface area (TPSA) is 90.2 Å². The summed E-state index contributed by atoms with van der Waals surface area (Å²) in [4.78, 5) is 0.0306. The molecule has 0 amide bonds. The van der Waals surface area contributed by atoms with Crippen LogP contribution < -0.4 is 0 Å². The predicted molar refractivity (Wildman–Crippen MR) is 115 cm³/mol. The predicted octanol–water partition coefficient (Wildman–Crippen LogP) is 2.18. The van der Waals surface area contributed by atoms with Gasteiger partial charge in [0.1, 0.15) is 12.2 Å². The number of fused-ring (bicyclic) bond motifs is 2. The Kier molecular flexibility index (Phi) is 6.01. The van der Waals surface area contributed by atoms with Crippen molar-refractivity contribution in [2.45, 2.75) is 53.3 Å². The number of ether oxygens (including phenoxy) is 1. The molecule has 1 saturated heterocycles. The van der Waals surface area contributed by atoms with Crippen LogP contribution in [0.5, 0.6) is 0 Å². The zero-order valence-electron chi connectivity index (χ0n) is 16.4. The quantitative estimate of drug-likeness (QED) is 0.549. The van der Waals surface area contributed by atoms with Crippen molar-refractivity contribution in [3.05, 3.63) is 64.2 Å². The van der Waals surface area contributed by atoms with Gasteiger partial charge in [0.25, 0.3) is 0 Å². The van der Waals surface area contributed by atoms with Crippen molar-refractivity contribution in [3.8, 4) is 0 Å². The van der Waals surface area contributed by atoms with Crippen LogP contribution in [0.2, 0.25) is 0 Å². The molecule has 4 N–H and O–H groups in total. The fourth-order valence-corrected chi connectivity index (χ4v) is 6.11. The summed E-state index contributed by atoms with van der Waals surface area (Å²) in [5.74, 6) is 0. The van der Waals surface area contributed by atoms with E-state index < -0.39 is 28.5 Å². The number of rotatable bonds is 4. The lowest BCUT2D eigenvalue weighted by molar-refractivity contribution is -0.147. The molecule has 7 heteroatoms. The van der Waals surface area contributed by atoms with Gasteiger partial charge in [0.05, 0.1) is 24.6 Å². The van der Waals surface area contributed by atoms with Crippen molar-refractivity contribution in [2.75, 3.05) is 12.9 Å². The minimum absolute atomic E-state index is 0.309. The maximum atomic E-state index is 10.8. The Bertz CT molecular complexity index is 886. The molecule has 4 rings (SSSR count). The first-order valence-electron chi connectivity index (χ1n) is 9.62. The molecular weight excluding hydrogens is 408 g/mol. The Hall–Kier alpha value is -1.06. The Morgan fingerprint density at radius 3 is 2.52 bits per heavy atom. The maximum Gasteiger partial charge on any atom is 0.168 e. The third-order valence-corrected chi connectivity index (χ3v) is 8.29. The third kappa shape index (κ3) is 3.63. The van der Waals surface area contributed by atoms with Crippen LogP contribution in [0.3, 0.4) is 0 Å². The Balaban J connectivity index is 1.71. The number of benzene rings is 2. The van der Waals surface area contributed by atoms with Gasteiger partial charge in [0.2, 0.25) is 0 Å². The van der Waals surface area contributed by atoms with E-state index in [4.69, 9.17) is 4.74 Å². The molecule has 0 bridgehead atoms. The summed E-state index contributed by atoms with van der Waals surface area (Å²) >= 11 is 2.90. The first-order chi connectivity index (χ1) is 13.9. The number of hydrogen-bond acceptors (Lipinski definition) is 7. The molecule has 1 fully saturated rings. The van der Waals surface area contributed by atoms with Crippen LogP contribution >= 0.6 is 23.5 Å². The highest BCUT2D eigenvalue weighted by atomic mass is 32.2. The molecule has 0 saturated carbocycles. The molecular formula is C22H26O5S2. The van der Waals surface area contributed by atoms with Gasteiger partial charge in [-0.15, -0.1) is 23.5 Å². The molecule has 5 nitrogen and oxygen atoms in total. The highest BCUT2D eigenvalue weighted by Gasteiger charge is 2.57. The molecule has 0 aliphatic carbocycles. The van der Waals surface area contributed by atoms with Crippen molar-refractivity contribution in [1.82, 2.24) is 0 Å². The molecule has 5 atom stereocenters. The van der Waals surface area contributed by atoms with E-state index in [1.54, 1.807) is 11.8 Å². The molecule has 2 aromatic carbocycles. The van der Waals surface area contributed by atoms with Gasteiger partial charge >= 0.3 is 0 Å². The fourth-order valence-electron chi connectivity index (χ4n) is 4.16. The van der Waals surface area contributed by atoms with Crippen molar-refractivity contribution in [3.63, 3.8) is 0 Å². The Morgan fingerprint density at radius 1 is 1.14 bits per heavy atom. The average molecular weight is 435 g/mol. The van der Waals surface area contributed by atoms with Gasteiger partial charge in [0.15, 0.2) is 4.93 Å². The number of aryl methyl sites for hydroxylation is 1. The monoisotopic (exact) mass is 434 g/mol. The van der Waals surface area contributed by atoms with Gasteiger partial charge in [-0.05, 0) is 54.0 Å². The lowest BCUT2D eigenvalue weighted by Gasteiger charge is -2.45. The molecule has 1 spiro atoms. The van der Waals surface area contributed by atoms with Gasteiger partial charge in [0, 0.05) is 10.5 Å². The van der Waals surface area contributed by atoms with Crippen LogP contribution in [0.4, 0.5) is 0 Å². The first kappa shape index (κ1) is 21.2. The lowest BCUT2D eigenvalue weighted by Crippen LogP contribution is -2.58. The number of aliphatic hydroxyl groups excluding tert-OH is 4. The second-order valence-corrected chi connectivity index (χ2v) is 10.0. The van der Waals surface area contributed by atoms with Crippen LogP contribution in [-0.4, -0.2) is 56.9 Å². The van der Waals surface area contributed by atoms with Gasteiger partial charge in [-0.2, -0.15) is 0 Å². The van der Waals surface area contributed by atoms with Crippen LogP contribution in [-0.2, 0) is 22.7 Å². The molecule has 2 aromatic rings. The minimum atomic E-state index is -1.39. The smallest absolute Gasteiger partial charge is 0.168 e. The first-order valence-corrected chi connectivity index (χ1v) is 11.7. The van der Waals surface area contributed by atoms with Crippen molar-refractivity contribution >= 4 is 23.5 Å². The summed E-state index contributed by atoms with van der Waals surface area (Å²) in [6.07, 6.45) is -1.08. The number of hydrogen-bond donors (Lipinski definition) is 4. The number of thioether (sulfide) groups is 2. The zero-order chi connectivity index (χ0) is 20.8. The minimum Gasteiger partial charge on any atom is -0.395 e. The lowest BCUT2D eigenvalue weighted by atomic mass is 9.89. The summed E-state index contributed by atoms with van der Waals surface area (Å²) in [5.41, 5.74) is 5.25. The normalized spacial score (nSPS) is 31.2. The molecule has 156 valence electrons. The molecule has 0 radical (unpaired) electrons. The van der Waals surface area contributed by atoms with Crippen LogP contribution in [0.1, 0.15) is 27.8 Å². The summed E-state index contributed by atoms with van der Waals surface area (Å²) in [5, 5.41) is 40.4. The maximum absolute atomic E-state index is 10.8. The summed E-state index contributed by atoms with van der Waals surface area (Å²) in [7, 11) is 0. The van der Waals surface area contributed by atoms with Gasteiger partial charge < -0.3 is 25.2 Å². The molecule has 2 aliphatic heterocycles. The fraction of sp³-hybridized carbons (Fsp3) is 0.455. The SMILES string of the molecule is CSc1ccc(Cc2cc3c(cc2C)CO[C@]32S[C@H](CO)[C@@H](O)[C@H](O)[C@H]2O)cc1. The highest BCUT2D eigenvalue weighted by molar-refractivity contribution is 8.00. The van der Waals surface area contributed by atoms with E-state index in [9.17, 15) is 20.4 Å². The molecule has 0 aromatic heterocycles. The van der Waals surface area contributed by atoms with Gasteiger partial charge in [-0.3, -0.25) is 0 Å². The third-order valence-electron chi connectivity index (χ3n) is 5.88. The molecule has 2 heterocycles. The molecule has 2 aliphatic rings. The van der Waals surface area contributed by atoms with E-state index in [2.05, 4.69) is 49.6 Å². The Labute approximate surface area is 179 Å². The van der Waals surface area contributed by atoms with Crippen LogP contribution in [0.15, 0.2) is 41.3 Å². The van der Waals surface area contributed by atoms with E-state index in [1.165, 1.54) is 22.2 Å². The highest BCUT2D eigenvalue weighted by Crippen LogP contribution is 2.54. The second-order valence-electron chi connectivity index (χ2n) is 7.68. The average Bonchev–Trinajstić information content (AvgIpc) is 3.08. The van der Waals surface area contributed by atoms with Crippen LogP contribution in [0, 0.1) is 6.92 Å². The van der Waals surface area contributed by atoms with Crippen LogP contribution in [0.25, 0.3) is 0 Å².